The Kier molecular flexibility index (Phi) is 2.57. The normalized spacial score (nSPS) is 22.2. The Morgan fingerprint density at radius 1 is 0.882 bits per heavy atom. The van der Waals surface area contributed by atoms with E-state index in [4.69, 9.17) is 10.5 Å². The SMILES string of the molecule is NC1CC(Oc2ccccc2)c2ccccc21. The molecule has 17 heavy (non-hydrogen) atoms. The number of hydrogen-bond acceptors (Lipinski definition) is 2. The van der Waals surface area contributed by atoms with Gasteiger partial charge in [-0.1, -0.05) is 42.5 Å². The molecular formula is C15H15NO. The van der Waals surface area contributed by atoms with E-state index in [1.807, 2.05) is 42.5 Å². The minimum absolute atomic E-state index is 0.0867. The van der Waals surface area contributed by atoms with E-state index in [0.717, 1.165) is 12.2 Å². The van der Waals surface area contributed by atoms with E-state index in [1.54, 1.807) is 0 Å². The number of para-hydroxylation sites is 1. The second-order valence-corrected chi connectivity index (χ2v) is 4.39. The predicted molar refractivity (Wildman–Crippen MR) is 67.8 cm³/mol. The quantitative estimate of drug-likeness (QED) is 0.851. The Morgan fingerprint density at radius 2 is 1.53 bits per heavy atom. The molecular weight excluding hydrogens is 210 g/mol. The minimum atomic E-state index is 0.0867. The predicted octanol–water partition coefficient (Wildman–Crippen LogP) is 3.21. The van der Waals surface area contributed by atoms with Gasteiger partial charge >= 0.3 is 0 Å². The molecule has 2 aromatic carbocycles. The number of benzene rings is 2. The van der Waals surface area contributed by atoms with Crippen molar-refractivity contribution in [1.29, 1.82) is 0 Å². The molecule has 0 saturated carbocycles. The van der Waals surface area contributed by atoms with Crippen molar-refractivity contribution in [2.75, 3.05) is 0 Å². The van der Waals surface area contributed by atoms with Crippen LogP contribution in [-0.4, -0.2) is 0 Å². The highest BCUT2D eigenvalue weighted by Crippen LogP contribution is 2.39. The number of fused-ring (bicyclic) bond motifs is 1. The van der Waals surface area contributed by atoms with Crippen LogP contribution in [0.1, 0.15) is 29.7 Å². The summed E-state index contributed by atoms with van der Waals surface area (Å²) in [7, 11) is 0. The lowest BCUT2D eigenvalue weighted by molar-refractivity contribution is 0.201. The van der Waals surface area contributed by atoms with E-state index in [-0.39, 0.29) is 12.1 Å². The minimum Gasteiger partial charge on any atom is -0.486 e. The molecule has 0 amide bonds. The first kappa shape index (κ1) is 10.4. The Hall–Kier alpha value is -1.80. The zero-order valence-electron chi connectivity index (χ0n) is 9.54. The summed E-state index contributed by atoms with van der Waals surface area (Å²) in [5.74, 6) is 0.904. The van der Waals surface area contributed by atoms with Crippen LogP contribution in [-0.2, 0) is 0 Å². The number of hydrogen-bond donors (Lipinski definition) is 1. The zero-order valence-corrected chi connectivity index (χ0v) is 9.54. The van der Waals surface area contributed by atoms with Crippen molar-refractivity contribution in [3.63, 3.8) is 0 Å². The molecule has 2 nitrogen and oxygen atoms in total. The third-order valence-corrected chi connectivity index (χ3v) is 3.23. The van der Waals surface area contributed by atoms with Crippen molar-refractivity contribution in [2.24, 2.45) is 5.73 Å². The van der Waals surface area contributed by atoms with E-state index < -0.39 is 0 Å². The molecule has 0 aliphatic heterocycles. The lowest BCUT2D eigenvalue weighted by Gasteiger charge is -2.14. The number of rotatable bonds is 2. The maximum atomic E-state index is 6.11. The molecule has 1 aliphatic rings. The van der Waals surface area contributed by atoms with Gasteiger partial charge in [0.25, 0.3) is 0 Å². The van der Waals surface area contributed by atoms with Crippen LogP contribution < -0.4 is 10.5 Å². The molecule has 1 aliphatic carbocycles. The van der Waals surface area contributed by atoms with Crippen LogP contribution >= 0.6 is 0 Å². The van der Waals surface area contributed by atoms with E-state index in [1.165, 1.54) is 11.1 Å². The fourth-order valence-corrected chi connectivity index (χ4v) is 2.40. The summed E-state index contributed by atoms with van der Waals surface area (Å²) in [4.78, 5) is 0. The van der Waals surface area contributed by atoms with Gasteiger partial charge in [-0.15, -0.1) is 0 Å². The summed E-state index contributed by atoms with van der Waals surface area (Å²) < 4.78 is 5.99. The van der Waals surface area contributed by atoms with E-state index >= 15 is 0 Å². The molecule has 86 valence electrons. The molecule has 2 N–H and O–H groups in total. The lowest BCUT2D eigenvalue weighted by Crippen LogP contribution is -2.07. The Balaban J connectivity index is 1.87. The lowest BCUT2D eigenvalue weighted by atomic mass is 10.1. The fourth-order valence-electron chi connectivity index (χ4n) is 2.40. The second kappa shape index (κ2) is 4.22. The third-order valence-electron chi connectivity index (χ3n) is 3.23. The van der Waals surface area contributed by atoms with Crippen LogP contribution in [0.25, 0.3) is 0 Å². The Morgan fingerprint density at radius 3 is 2.29 bits per heavy atom. The van der Waals surface area contributed by atoms with Crippen LogP contribution in [0, 0.1) is 0 Å². The second-order valence-electron chi connectivity index (χ2n) is 4.39. The van der Waals surface area contributed by atoms with Gasteiger partial charge < -0.3 is 10.5 Å². The maximum Gasteiger partial charge on any atom is 0.126 e. The summed E-state index contributed by atoms with van der Waals surface area (Å²) in [6.45, 7) is 0. The van der Waals surface area contributed by atoms with E-state index in [0.29, 0.717) is 0 Å². The molecule has 0 aromatic heterocycles. The standard InChI is InChI=1S/C15H15NO/c16-14-10-15(13-9-5-4-8-12(13)14)17-11-6-2-1-3-7-11/h1-9,14-15H,10,16H2. The van der Waals surface area contributed by atoms with Gasteiger partial charge in [0, 0.05) is 12.5 Å². The Labute approximate surface area is 101 Å². The summed E-state index contributed by atoms with van der Waals surface area (Å²) in [6, 6.07) is 18.3. The largest absolute Gasteiger partial charge is 0.486 e. The van der Waals surface area contributed by atoms with Crippen molar-refractivity contribution in [3.05, 3.63) is 65.7 Å². The first-order valence-electron chi connectivity index (χ1n) is 5.91. The first-order chi connectivity index (χ1) is 8.34. The summed E-state index contributed by atoms with van der Waals surface area (Å²) in [5.41, 5.74) is 8.55. The molecule has 2 heteroatoms. The van der Waals surface area contributed by atoms with Crippen LogP contribution in [0.5, 0.6) is 5.75 Å². The zero-order chi connectivity index (χ0) is 11.7. The van der Waals surface area contributed by atoms with Crippen molar-refractivity contribution in [3.8, 4) is 5.75 Å². The average Bonchev–Trinajstić information content (AvgIpc) is 2.69. The Bertz CT molecular complexity index is 509. The van der Waals surface area contributed by atoms with Gasteiger partial charge in [0.2, 0.25) is 0 Å². The number of ether oxygens (including phenoxy) is 1. The van der Waals surface area contributed by atoms with Gasteiger partial charge in [0.05, 0.1) is 0 Å². The summed E-state index contributed by atoms with van der Waals surface area (Å²) in [6.07, 6.45) is 0.942. The third kappa shape index (κ3) is 1.92. The van der Waals surface area contributed by atoms with Gasteiger partial charge in [0.15, 0.2) is 0 Å². The molecule has 0 radical (unpaired) electrons. The highest BCUT2D eigenvalue weighted by Gasteiger charge is 2.29. The van der Waals surface area contributed by atoms with Gasteiger partial charge in [-0.2, -0.15) is 0 Å². The van der Waals surface area contributed by atoms with Crippen LogP contribution in [0.2, 0.25) is 0 Å². The summed E-state index contributed by atoms with van der Waals surface area (Å²) >= 11 is 0. The highest BCUT2D eigenvalue weighted by atomic mass is 16.5. The smallest absolute Gasteiger partial charge is 0.126 e. The van der Waals surface area contributed by atoms with Gasteiger partial charge in [-0.3, -0.25) is 0 Å². The molecule has 0 saturated heterocycles. The first-order valence-corrected chi connectivity index (χ1v) is 5.91. The van der Waals surface area contributed by atoms with Crippen LogP contribution in [0.4, 0.5) is 0 Å². The van der Waals surface area contributed by atoms with Gasteiger partial charge in [0.1, 0.15) is 11.9 Å². The average molecular weight is 225 g/mol. The van der Waals surface area contributed by atoms with Crippen molar-refractivity contribution in [2.45, 2.75) is 18.6 Å². The van der Waals surface area contributed by atoms with E-state index in [9.17, 15) is 0 Å². The fraction of sp³-hybridized carbons (Fsp3) is 0.200. The van der Waals surface area contributed by atoms with Crippen LogP contribution in [0.15, 0.2) is 54.6 Å². The molecule has 2 aromatic rings. The van der Waals surface area contributed by atoms with Gasteiger partial charge in [-0.05, 0) is 23.3 Å². The monoisotopic (exact) mass is 225 g/mol. The van der Waals surface area contributed by atoms with E-state index in [2.05, 4.69) is 12.1 Å². The van der Waals surface area contributed by atoms with Crippen molar-refractivity contribution < 1.29 is 4.74 Å². The molecule has 0 heterocycles. The molecule has 0 spiro atoms. The molecule has 0 fully saturated rings. The maximum absolute atomic E-state index is 6.11. The molecule has 3 rings (SSSR count). The molecule has 0 bridgehead atoms. The highest BCUT2D eigenvalue weighted by molar-refractivity contribution is 5.37. The topological polar surface area (TPSA) is 35.2 Å². The van der Waals surface area contributed by atoms with Crippen LogP contribution in [0.3, 0.4) is 0 Å². The van der Waals surface area contributed by atoms with Gasteiger partial charge in [-0.25, -0.2) is 0 Å². The van der Waals surface area contributed by atoms with Crippen molar-refractivity contribution in [1.82, 2.24) is 0 Å². The number of nitrogens with two attached hydrogens (primary N) is 1. The molecule has 2 atom stereocenters. The van der Waals surface area contributed by atoms with Crippen molar-refractivity contribution >= 4 is 0 Å². The molecule has 2 unspecified atom stereocenters. The summed E-state index contributed by atoms with van der Waals surface area (Å²) in [5, 5.41) is 0.